The summed E-state index contributed by atoms with van der Waals surface area (Å²) in [6, 6.07) is 8.30. The molecule has 0 unspecified atom stereocenters. The molecule has 3 rings (SSSR count). The molecule has 2 amide bonds. The van der Waals surface area contributed by atoms with Gasteiger partial charge in [0.1, 0.15) is 0 Å². The second kappa shape index (κ2) is 8.94. The van der Waals surface area contributed by atoms with Crippen LogP contribution in [0.4, 0.5) is 0 Å². The van der Waals surface area contributed by atoms with Crippen molar-refractivity contribution in [2.45, 2.75) is 39.0 Å². The minimum atomic E-state index is -0.0742. The third kappa shape index (κ3) is 5.14. The Morgan fingerprint density at radius 1 is 1.23 bits per heavy atom. The molecule has 0 radical (unpaired) electrons. The molecule has 2 heterocycles. The molecule has 1 aliphatic rings. The number of hydrogen-bond donors (Lipinski definition) is 1. The van der Waals surface area contributed by atoms with E-state index in [1.807, 2.05) is 6.92 Å². The first-order valence-corrected chi connectivity index (χ1v) is 10.1. The van der Waals surface area contributed by atoms with Crippen molar-refractivity contribution < 1.29 is 9.59 Å². The van der Waals surface area contributed by atoms with Gasteiger partial charge < -0.3 is 10.2 Å². The van der Waals surface area contributed by atoms with Crippen molar-refractivity contribution in [3.05, 3.63) is 40.2 Å². The lowest BCUT2D eigenvalue weighted by molar-refractivity contribution is -0.135. The third-order valence-corrected chi connectivity index (χ3v) is 5.38. The SMILES string of the molecule is Cc1nc(-c2ccc(CCNC(=O)CN3CCCCCC3=O)cc2)cs1. The number of thiazole rings is 1. The van der Waals surface area contributed by atoms with Crippen molar-refractivity contribution in [1.29, 1.82) is 0 Å². The number of nitrogens with one attached hydrogen (secondary N) is 1. The van der Waals surface area contributed by atoms with Gasteiger partial charge in [0.05, 0.1) is 17.2 Å². The van der Waals surface area contributed by atoms with E-state index in [-0.39, 0.29) is 18.4 Å². The van der Waals surface area contributed by atoms with Crippen molar-refractivity contribution in [3.8, 4) is 11.3 Å². The molecule has 0 aliphatic carbocycles. The van der Waals surface area contributed by atoms with Crippen LogP contribution in [0.15, 0.2) is 29.6 Å². The van der Waals surface area contributed by atoms with E-state index >= 15 is 0 Å². The highest BCUT2D eigenvalue weighted by molar-refractivity contribution is 7.09. The molecule has 1 aromatic carbocycles. The van der Waals surface area contributed by atoms with Crippen LogP contribution < -0.4 is 5.32 Å². The molecule has 1 saturated heterocycles. The summed E-state index contributed by atoms with van der Waals surface area (Å²) in [5, 5.41) is 6.05. The van der Waals surface area contributed by atoms with Gasteiger partial charge in [-0.25, -0.2) is 4.98 Å². The maximum atomic E-state index is 12.1. The van der Waals surface area contributed by atoms with Gasteiger partial charge in [-0.3, -0.25) is 9.59 Å². The van der Waals surface area contributed by atoms with Crippen LogP contribution in [0.25, 0.3) is 11.3 Å². The maximum absolute atomic E-state index is 12.1. The average molecular weight is 372 g/mol. The standard InChI is InChI=1S/C20H25N3O2S/c1-15-22-18(14-26-15)17-8-6-16(7-9-17)10-11-21-19(24)13-23-12-4-2-3-5-20(23)25/h6-9,14H,2-5,10-13H2,1H3,(H,21,24). The van der Waals surface area contributed by atoms with Crippen molar-refractivity contribution in [1.82, 2.24) is 15.2 Å². The molecule has 1 aliphatic heterocycles. The fourth-order valence-corrected chi connectivity index (χ4v) is 3.74. The number of aromatic nitrogens is 1. The summed E-state index contributed by atoms with van der Waals surface area (Å²) in [7, 11) is 0. The second-order valence-electron chi connectivity index (χ2n) is 6.67. The Labute approximate surface area is 158 Å². The van der Waals surface area contributed by atoms with E-state index < -0.39 is 0 Å². The van der Waals surface area contributed by atoms with Gasteiger partial charge in [0, 0.05) is 30.5 Å². The third-order valence-electron chi connectivity index (χ3n) is 4.61. The molecule has 6 heteroatoms. The number of rotatable bonds is 6. The van der Waals surface area contributed by atoms with Crippen LogP contribution in [0, 0.1) is 6.92 Å². The minimum Gasteiger partial charge on any atom is -0.354 e. The monoisotopic (exact) mass is 371 g/mol. The van der Waals surface area contributed by atoms with Crippen LogP contribution in [0.5, 0.6) is 0 Å². The van der Waals surface area contributed by atoms with Gasteiger partial charge in [0.2, 0.25) is 11.8 Å². The zero-order chi connectivity index (χ0) is 18.4. The first kappa shape index (κ1) is 18.6. The van der Waals surface area contributed by atoms with Crippen LogP contribution in [-0.4, -0.2) is 41.3 Å². The van der Waals surface area contributed by atoms with E-state index in [1.54, 1.807) is 16.2 Å². The Morgan fingerprint density at radius 2 is 2.04 bits per heavy atom. The molecule has 1 N–H and O–H groups in total. The first-order chi connectivity index (χ1) is 12.6. The van der Waals surface area contributed by atoms with Gasteiger partial charge in [-0.15, -0.1) is 11.3 Å². The second-order valence-corrected chi connectivity index (χ2v) is 7.74. The summed E-state index contributed by atoms with van der Waals surface area (Å²) in [5.41, 5.74) is 3.29. The van der Waals surface area contributed by atoms with Crippen molar-refractivity contribution in [3.63, 3.8) is 0 Å². The van der Waals surface area contributed by atoms with Crippen molar-refractivity contribution in [2.24, 2.45) is 0 Å². The molecule has 0 spiro atoms. The molecular weight excluding hydrogens is 346 g/mol. The van der Waals surface area contributed by atoms with Crippen LogP contribution in [-0.2, 0) is 16.0 Å². The summed E-state index contributed by atoms with van der Waals surface area (Å²) in [6.07, 6.45) is 4.34. The minimum absolute atomic E-state index is 0.0742. The summed E-state index contributed by atoms with van der Waals surface area (Å²) >= 11 is 1.65. The van der Waals surface area contributed by atoms with Gasteiger partial charge in [-0.1, -0.05) is 30.7 Å². The summed E-state index contributed by atoms with van der Waals surface area (Å²) in [5.74, 6) is 0.0281. The zero-order valence-corrected chi connectivity index (χ0v) is 16.0. The van der Waals surface area contributed by atoms with E-state index in [2.05, 4.69) is 39.9 Å². The lowest BCUT2D eigenvalue weighted by Crippen LogP contribution is -2.41. The highest BCUT2D eigenvalue weighted by atomic mass is 32.1. The smallest absolute Gasteiger partial charge is 0.239 e. The number of carbonyl (C=O) groups excluding carboxylic acids is 2. The molecule has 0 saturated carbocycles. The molecule has 138 valence electrons. The Kier molecular flexibility index (Phi) is 6.39. The number of likely N-dealkylation sites (tertiary alicyclic amines) is 1. The fourth-order valence-electron chi connectivity index (χ4n) is 3.12. The Hall–Kier alpha value is -2.21. The number of aryl methyl sites for hydroxylation is 1. The first-order valence-electron chi connectivity index (χ1n) is 9.18. The predicted octanol–water partition coefficient (Wildman–Crippen LogP) is 3.18. The Balaban J connectivity index is 1.44. The van der Waals surface area contributed by atoms with Gasteiger partial charge in [-0.2, -0.15) is 0 Å². The van der Waals surface area contributed by atoms with Crippen LogP contribution in [0.2, 0.25) is 0 Å². The topological polar surface area (TPSA) is 62.3 Å². The van der Waals surface area contributed by atoms with Gasteiger partial charge >= 0.3 is 0 Å². The maximum Gasteiger partial charge on any atom is 0.239 e. The molecule has 2 aromatic rings. The summed E-state index contributed by atoms with van der Waals surface area (Å²) in [4.78, 5) is 30.2. The Morgan fingerprint density at radius 3 is 2.77 bits per heavy atom. The number of carbonyl (C=O) groups is 2. The van der Waals surface area contributed by atoms with E-state index in [0.29, 0.717) is 19.5 Å². The number of nitrogens with zero attached hydrogens (tertiary/aromatic N) is 2. The molecule has 1 fully saturated rings. The van der Waals surface area contributed by atoms with Crippen LogP contribution in [0.3, 0.4) is 0 Å². The molecule has 26 heavy (non-hydrogen) atoms. The lowest BCUT2D eigenvalue weighted by Gasteiger charge is -2.19. The summed E-state index contributed by atoms with van der Waals surface area (Å²) < 4.78 is 0. The molecule has 0 atom stereocenters. The molecular formula is C20H25N3O2S. The van der Waals surface area contributed by atoms with Gasteiger partial charge in [0.15, 0.2) is 0 Å². The summed E-state index contributed by atoms with van der Waals surface area (Å²) in [6.45, 7) is 3.46. The number of hydrogen-bond acceptors (Lipinski definition) is 4. The molecule has 5 nitrogen and oxygen atoms in total. The lowest BCUT2D eigenvalue weighted by atomic mass is 10.1. The highest BCUT2D eigenvalue weighted by Crippen LogP contribution is 2.21. The van der Waals surface area contributed by atoms with Gasteiger partial charge in [-0.05, 0) is 31.7 Å². The van der Waals surface area contributed by atoms with E-state index in [9.17, 15) is 9.59 Å². The van der Waals surface area contributed by atoms with E-state index in [4.69, 9.17) is 0 Å². The normalized spacial score (nSPS) is 15.0. The quantitative estimate of drug-likeness (QED) is 0.848. The molecule has 0 bridgehead atoms. The van der Waals surface area contributed by atoms with Crippen molar-refractivity contribution in [2.75, 3.05) is 19.6 Å². The van der Waals surface area contributed by atoms with E-state index in [0.717, 1.165) is 41.9 Å². The van der Waals surface area contributed by atoms with Crippen LogP contribution >= 0.6 is 11.3 Å². The zero-order valence-electron chi connectivity index (χ0n) is 15.2. The number of amides is 2. The van der Waals surface area contributed by atoms with Crippen molar-refractivity contribution >= 4 is 23.2 Å². The van der Waals surface area contributed by atoms with Gasteiger partial charge in [0.25, 0.3) is 0 Å². The predicted molar refractivity (Wildman–Crippen MR) is 104 cm³/mol. The fraction of sp³-hybridized carbons (Fsp3) is 0.450. The highest BCUT2D eigenvalue weighted by Gasteiger charge is 2.18. The van der Waals surface area contributed by atoms with Crippen LogP contribution in [0.1, 0.15) is 36.3 Å². The van der Waals surface area contributed by atoms with E-state index in [1.165, 1.54) is 5.56 Å². The Bertz CT molecular complexity index is 755. The molecule has 1 aromatic heterocycles. The number of benzene rings is 1. The average Bonchev–Trinajstić information content (AvgIpc) is 2.97. The largest absolute Gasteiger partial charge is 0.354 e.